The molecule has 0 aliphatic carbocycles. The van der Waals surface area contributed by atoms with E-state index in [-0.39, 0.29) is 23.8 Å². The molecule has 19 heavy (non-hydrogen) atoms. The van der Waals surface area contributed by atoms with E-state index < -0.39 is 11.5 Å². The molecule has 5 heteroatoms. The third kappa shape index (κ3) is 1.20. The first-order chi connectivity index (χ1) is 9.12. The number of anilines is 1. The fourth-order valence-corrected chi connectivity index (χ4v) is 3.39. The molecule has 2 saturated heterocycles. The number of nitrogens with zero attached hydrogens (tertiary/aromatic N) is 2. The van der Waals surface area contributed by atoms with Gasteiger partial charge in [-0.05, 0) is 19.1 Å². The lowest BCUT2D eigenvalue weighted by atomic mass is 9.78. The van der Waals surface area contributed by atoms with Crippen LogP contribution in [0.2, 0.25) is 0 Å². The van der Waals surface area contributed by atoms with Crippen molar-refractivity contribution in [2.45, 2.75) is 18.6 Å². The largest absolute Gasteiger partial charge is 0.362 e. The molecule has 0 spiro atoms. The Morgan fingerprint density at radius 3 is 2.89 bits per heavy atom. The van der Waals surface area contributed by atoms with E-state index in [1.807, 2.05) is 19.1 Å². The second-order valence-electron chi connectivity index (χ2n) is 5.35. The van der Waals surface area contributed by atoms with Crippen molar-refractivity contribution in [3.8, 4) is 0 Å². The Labute approximate surface area is 109 Å². The summed E-state index contributed by atoms with van der Waals surface area (Å²) in [4.78, 5) is 30.3. The molecule has 0 saturated carbocycles. The second-order valence-corrected chi connectivity index (χ2v) is 5.35. The number of pyridine rings is 1. The summed E-state index contributed by atoms with van der Waals surface area (Å²) in [7, 11) is 0. The minimum absolute atomic E-state index is 0.180. The van der Waals surface area contributed by atoms with Crippen molar-refractivity contribution in [2.75, 3.05) is 4.90 Å². The van der Waals surface area contributed by atoms with E-state index in [9.17, 15) is 9.59 Å². The van der Waals surface area contributed by atoms with Crippen LogP contribution < -0.4 is 4.90 Å². The van der Waals surface area contributed by atoms with Gasteiger partial charge in [0.25, 0.3) is 0 Å². The van der Waals surface area contributed by atoms with Crippen LogP contribution in [-0.2, 0) is 14.3 Å². The smallest absolute Gasteiger partial charge is 0.241 e. The van der Waals surface area contributed by atoms with Crippen LogP contribution in [-0.4, -0.2) is 28.5 Å². The van der Waals surface area contributed by atoms with Gasteiger partial charge < -0.3 is 4.74 Å². The molecule has 2 bridgehead atoms. The molecule has 1 aromatic rings. The first-order valence-electron chi connectivity index (χ1n) is 6.27. The molecular formula is C14H12N2O3. The van der Waals surface area contributed by atoms with E-state index in [2.05, 4.69) is 4.98 Å². The quantitative estimate of drug-likeness (QED) is 0.553. The van der Waals surface area contributed by atoms with Crippen molar-refractivity contribution < 1.29 is 14.3 Å². The van der Waals surface area contributed by atoms with Crippen LogP contribution in [0, 0.1) is 11.8 Å². The van der Waals surface area contributed by atoms with Gasteiger partial charge in [-0.15, -0.1) is 0 Å². The zero-order valence-electron chi connectivity index (χ0n) is 10.3. The zero-order valence-corrected chi connectivity index (χ0v) is 10.3. The number of hydrogen-bond acceptors (Lipinski definition) is 4. The molecule has 4 rings (SSSR count). The zero-order chi connectivity index (χ0) is 13.2. The average molecular weight is 256 g/mol. The number of fused-ring (bicyclic) bond motifs is 5. The second kappa shape index (κ2) is 3.30. The summed E-state index contributed by atoms with van der Waals surface area (Å²) in [5.74, 6) is -1.16. The average Bonchev–Trinajstić information content (AvgIpc) is 3.00. The van der Waals surface area contributed by atoms with Gasteiger partial charge in [0.2, 0.25) is 11.8 Å². The SMILES string of the molecule is CC12C=CC(O1)C1C(=O)N(c3cccnc3)C(=O)C12. The maximum Gasteiger partial charge on any atom is 0.241 e. The molecule has 2 fully saturated rings. The van der Waals surface area contributed by atoms with E-state index in [1.165, 1.54) is 11.1 Å². The lowest BCUT2D eigenvalue weighted by Crippen LogP contribution is -2.38. The third-order valence-corrected chi connectivity index (χ3v) is 4.23. The van der Waals surface area contributed by atoms with Crippen molar-refractivity contribution in [1.29, 1.82) is 0 Å². The molecule has 0 aromatic carbocycles. The van der Waals surface area contributed by atoms with Gasteiger partial charge in [0.1, 0.15) is 0 Å². The van der Waals surface area contributed by atoms with E-state index in [0.29, 0.717) is 5.69 Å². The summed E-state index contributed by atoms with van der Waals surface area (Å²) in [6.45, 7) is 1.87. The number of aromatic nitrogens is 1. The highest BCUT2D eigenvalue weighted by Gasteiger charge is 2.66. The Kier molecular flexibility index (Phi) is 1.89. The molecule has 0 radical (unpaired) electrons. The van der Waals surface area contributed by atoms with Gasteiger partial charge in [0.15, 0.2) is 0 Å². The minimum Gasteiger partial charge on any atom is -0.362 e. The highest BCUT2D eigenvalue weighted by Crippen LogP contribution is 2.52. The van der Waals surface area contributed by atoms with Gasteiger partial charge in [-0.25, -0.2) is 4.90 Å². The summed E-state index contributed by atoms with van der Waals surface area (Å²) in [6.07, 6.45) is 6.67. The Balaban J connectivity index is 1.80. The van der Waals surface area contributed by atoms with Gasteiger partial charge in [-0.3, -0.25) is 14.6 Å². The van der Waals surface area contributed by atoms with Crippen LogP contribution >= 0.6 is 0 Å². The highest BCUT2D eigenvalue weighted by molar-refractivity contribution is 6.23. The van der Waals surface area contributed by atoms with Crippen molar-refractivity contribution in [3.63, 3.8) is 0 Å². The summed E-state index contributed by atoms with van der Waals surface area (Å²) in [6, 6.07) is 3.44. The summed E-state index contributed by atoms with van der Waals surface area (Å²) < 4.78 is 5.76. The molecule has 4 heterocycles. The first kappa shape index (κ1) is 10.9. The standard InChI is InChI=1S/C14H12N2O3/c1-14-5-4-9(19-14)10-11(14)13(18)16(12(10)17)8-3-2-6-15-7-8/h2-7,9-11H,1H3. The highest BCUT2D eigenvalue weighted by atomic mass is 16.5. The van der Waals surface area contributed by atoms with E-state index in [0.717, 1.165) is 0 Å². The van der Waals surface area contributed by atoms with E-state index in [1.54, 1.807) is 18.3 Å². The van der Waals surface area contributed by atoms with Crippen molar-refractivity contribution in [1.82, 2.24) is 4.98 Å². The Hall–Kier alpha value is -2.01. The summed E-state index contributed by atoms with van der Waals surface area (Å²) in [5, 5.41) is 0. The number of carbonyl (C=O) groups excluding carboxylic acids is 2. The molecule has 1 aromatic heterocycles. The number of rotatable bonds is 1. The molecule has 4 unspecified atom stereocenters. The van der Waals surface area contributed by atoms with Crippen molar-refractivity contribution >= 4 is 17.5 Å². The van der Waals surface area contributed by atoms with Gasteiger partial charge in [-0.2, -0.15) is 0 Å². The topological polar surface area (TPSA) is 59.5 Å². The predicted molar refractivity (Wildman–Crippen MR) is 66.1 cm³/mol. The fourth-order valence-electron chi connectivity index (χ4n) is 3.39. The molecule has 4 atom stereocenters. The van der Waals surface area contributed by atoms with E-state index in [4.69, 9.17) is 4.74 Å². The molecule has 3 aliphatic rings. The molecule has 0 N–H and O–H groups in total. The Bertz CT molecular complexity index is 612. The molecular weight excluding hydrogens is 244 g/mol. The molecule has 2 amide bonds. The molecule has 5 nitrogen and oxygen atoms in total. The Morgan fingerprint density at radius 1 is 1.37 bits per heavy atom. The first-order valence-corrected chi connectivity index (χ1v) is 6.27. The van der Waals surface area contributed by atoms with Crippen LogP contribution in [0.5, 0.6) is 0 Å². The normalized spacial score (nSPS) is 39.2. The minimum atomic E-state index is -0.640. The summed E-state index contributed by atoms with van der Waals surface area (Å²) in [5.41, 5.74) is -0.103. The number of ether oxygens (including phenoxy) is 1. The Morgan fingerprint density at radius 2 is 2.21 bits per heavy atom. The third-order valence-electron chi connectivity index (χ3n) is 4.23. The van der Waals surface area contributed by atoms with Crippen LogP contribution in [0.25, 0.3) is 0 Å². The van der Waals surface area contributed by atoms with Crippen LogP contribution in [0.15, 0.2) is 36.7 Å². The van der Waals surface area contributed by atoms with Gasteiger partial charge >= 0.3 is 0 Å². The van der Waals surface area contributed by atoms with Gasteiger partial charge in [0.05, 0.1) is 35.4 Å². The van der Waals surface area contributed by atoms with Crippen LogP contribution in [0.4, 0.5) is 5.69 Å². The van der Waals surface area contributed by atoms with Gasteiger partial charge in [-0.1, -0.05) is 12.2 Å². The van der Waals surface area contributed by atoms with Crippen molar-refractivity contribution in [2.24, 2.45) is 11.8 Å². The van der Waals surface area contributed by atoms with Crippen LogP contribution in [0.1, 0.15) is 6.92 Å². The van der Waals surface area contributed by atoms with E-state index >= 15 is 0 Å². The number of carbonyl (C=O) groups is 2. The lowest BCUT2D eigenvalue weighted by molar-refractivity contribution is -0.126. The number of amides is 2. The fraction of sp³-hybridized carbons (Fsp3) is 0.357. The van der Waals surface area contributed by atoms with Gasteiger partial charge in [0, 0.05) is 6.20 Å². The maximum atomic E-state index is 12.6. The van der Waals surface area contributed by atoms with Crippen molar-refractivity contribution in [3.05, 3.63) is 36.7 Å². The molecule has 3 aliphatic heterocycles. The maximum absolute atomic E-state index is 12.6. The predicted octanol–water partition coefficient (Wildman–Crippen LogP) is 0.914. The van der Waals surface area contributed by atoms with Crippen LogP contribution in [0.3, 0.4) is 0 Å². The monoisotopic (exact) mass is 256 g/mol. The molecule has 96 valence electrons. The number of hydrogen-bond donors (Lipinski definition) is 0. The lowest BCUT2D eigenvalue weighted by Gasteiger charge is -2.23. The summed E-state index contributed by atoms with van der Waals surface area (Å²) >= 11 is 0. The number of imide groups is 1.